The summed E-state index contributed by atoms with van der Waals surface area (Å²) in [6, 6.07) is 3.80. The molecule has 0 saturated carbocycles. The van der Waals surface area contributed by atoms with Crippen LogP contribution in [0.25, 0.3) is 0 Å². The third kappa shape index (κ3) is 4.06. The van der Waals surface area contributed by atoms with Gasteiger partial charge in [0.25, 0.3) is 5.24 Å². The molecule has 0 fully saturated rings. The van der Waals surface area contributed by atoms with Crippen LogP contribution in [0.2, 0.25) is 0 Å². The zero-order chi connectivity index (χ0) is 15.6. The molecule has 0 saturated heterocycles. The second kappa shape index (κ2) is 6.26. The summed E-state index contributed by atoms with van der Waals surface area (Å²) >= 11 is 5.52. The van der Waals surface area contributed by atoms with E-state index >= 15 is 0 Å². The number of hydrogen-bond acceptors (Lipinski definition) is 4. The molecule has 0 aliphatic rings. The molecule has 0 spiro atoms. The molecule has 1 aromatic heterocycles. The largest absolute Gasteiger partial charge is 0.285 e. The van der Waals surface area contributed by atoms with Crippen molar-refractivity contribution in [3.05, 3.63) is 17.5 Å². The smallest absolute Gasteiger partial charge is 0.267 e. The minimum absolute atomic E-state index is 0.104. The van der Waals surface area contributed by atoms with Crippen molar-refractivity contribution in [2.24, 2.45) is 16.1 Å². The van der Waals surface area contributed by atoms with Crippen molar-refractivity contribution < 1.29 is 4.79 Å². The molecule has 4 nitrogen and oxygen atoms in total. The normalized spacial score (nSPS) is 15.6. The maximum atomic E-state index is 12.0. The molecule has 1 aromatic rings. The van der Waals surface area contributed by atoms with E-state index in [2.05, 4.69) is 22.9 Å². The van der Waals surface area contributed by atoms with Crippen molar-refractivity contribution in [2.75, 3.05) is 4.90 Å². The van der Waals surface area contributed by atoms with Gasteiger partial charge in [0.05, 0.1) is 5.54 Å². The van der Waals surface area contributed by atoms with Crippen molar-refractivity contribution in [1.82, 2.24) is 0 Å². The SMILES string of the molecule is CC(C)C(C)(N=NC(C)(C)C)N(C(=O)S)c1cccs1. The van der Waals surface area contributed by atoms with Crippen LogP contribution < -0.4 is 4.90 Å². The van der Waals surface area contributed by atoms with E-state index in [4.69, 9.17) is 0 Å². The lowest BCUT2D eigenvalue weighted by Crippen LogP contribution is -2.50. The Labute approximate surface area is 130 Å². The van der Waals surface area contributed by atoms with E-state index in [-0.39, 0.29) is 16.7 Å². The second-order valence-electron chi connectivity index (χ2n) is 6.19. The molecular formula is C14H23N3OS2. The molecule has 0 bridgehead atoms. The number of anilines is 1. The van der Waals surface area contributed by atoms with Gasteiger partial charge in [-0.15, -0.1) is 11.3 Å². The molecule has 1 amide bonds. The molecular weight excluding hydrogens is 290 g/mol. The molecule has 20 heavy (non-hydrogen) atoms. The molecule has 1 unspecified atom stereocenters. The number of carbonyl (C=O) groups excluding carboxylic acids is 1. The van der Waals surface area contributed by atoms with Gasteiger partial charge in [-0.2, -0.15) is 10.2 Å². The first-order chi connectivity index (χ1) is 9.08. The first-order valence-electron chi connectivity index (χ1n) is 6.58. The summed E-state index contributed by atoms with van der Waals surface area (Å²) in [5.74, 6) is 0.104. The fraction of sp³-hybridized carbons (Fsp3) is 0.643. The van der Waals surface area contributed by atoms with Gasteiger partial charge < -0.3 is 0 Å². The predicted molar refractivity (Wildman–Crippen MR) is 89.0 cm³/mol. The Morgan fingerprint density at radius 3 is 2.25 bits per heavy atom. The molecule has 6 heteroatoms. The van der Waals surface area contributed by atoms with Crippen LogP contribution in [0.5, 0.6) is 0 Å². The van der Waals surface area contributed by atoms with Crippen molar-refractivity contribution >= 4 is 34.2 Å². The van der Waals surface area contributed by atoms with E-state index in [1.165, 1.54) is 11.3 Å². The Morgan fingerprint density at radius 1 is 1.30 bits per heavy atom. The average Bonchev–Trinajstić information content (AvgIpc) is 2.78. The Balaban J connectivity index is 3.28. The molecule has 0 N–H and O–H groups in total. The minimum atomic E-state index is -0.753. The number of amides is 1. The van der Waals surface area contributed by atoms with Crippen LogP contribution >= 0.6 is 24.0 Å². The van der Waals surface area contributed by atoms with E-state index in [0.717, 1.165) is 5.00 Å². The number of carbonyl (C=O) groups is 1. The molecule has 112 valence electrons. The van der Waals surface area contributed by atoms with Crippen molar-refractivity contribution in [3.63, 3.8) is 0 Å². The summed E-state index contributed by atoms with van der Waals surface area (Å²) in [5.41, 5.74) is -1.03. The quantitative estimate of drug-likeness (QED) is 0.600. The van der Waals surface area contributed by atoms with Gasteiger partial charge in [0.15, 0.2) is 5.66 Å². The Morgan fingerprint density at radius 2 is 1.90 bits per heavy atom. The molecule has 0 aromatic carbocycles. The number of thiophene rings is 1. The van der Waals surface area contributed by atoms with Crippen molar-refractivity contribution in [2.45, 2.75) is 52.7 Å². The minimum Gasteiger partial charge on any atom is -0.267 e. The van der Waals surface area contributed by atoms with Crippen LogP contribution in [-0.2, 0) is 0 Å². The summed E-state index contributed by atoms with van der Waals surface area (Å²) in [5, 5.41) is 11.3. The van der Waals surface area contributed by atoms with Crippen molar-refractivity contribution in [1.29, 1.82) is 0 Å². The number of hydrogen-bond donors (Lipinski definition) is 1. The van der Waals surface area contributed by atoms with Gasteiger partial charge in [-0.25, -0.2) is 0 Å². The highest BCUT2D eigenvalue weighted by molar-refractivity contribution is 7.97. The van der Waals surface area contributed by atoms with Gasteiger partial charge in [0.2, 0.25) is 0 Å². The third-order valence-corrected chi connectivity index (χ3v) is 4.07. The number of rotatable bonds is 4. The fourth-order valence-electron chi connectivity index (χ4n) is 1.58. The van der Waals surface area contributed by atoms with Crippen LogP contribution in [0, 0.1) is 5.92 Å². The Hall–Kier alpha value is -0.880. The van der Waals surface area contributed by atoms with E-state index in [1.807, 2.05) is 59.1 Å². The van der Waals surface area contributed by atoms with Crippen LogP contribution in [0.15, 0.2) is 27.7 Å². The summed E-state index contributed by atoms with van der Waals surface area (Å²) in [7, 11) is 0. The first kappa shape index (κ1) is 17.2. The maximum absolute atomic E-state index is 12.0. The zero-order valence-corrected chi connectivity index (χ0v) is 14.6. The molecule has 1 rings (SSSR count). The summed E-state index contributed by atoms with van der Waals surface area (Å²) < 4.78 is 0. The van der Waals surface area contributed by atoms with E-state index < -0.39 is 5.66 Å². The molecule has 0 radical (unpaired) electrons. The van der Waals surface area contributed by atoms with Crippen LogP contribution in [-0.4, -0.2) is 16.4 Å². The third-order valence-electron chi connectivity index (χ3n) is 3.02. The Kier molecular flexibility index (Phi) is 5.38. The predicted octanol–water partition coefficient (Wildman–Crippen LogP) is 5.23. The molecule has 0 aliphatic carbocycles. The van der Waals surface area contributed by atoms with Gasteiger partial charge >= 0.3 is 0 Å². The number of thiol groups is 1. The number of nitrogens with zero attached hydrogens (tertiary/aromatic N) is 3. The second-order valence-corrected chi connectivity index (χ2v) is 7.50. The van der Waals surface area contributed by atoms with Gasteiger partial charge in [-0.3, -0.25) is 9.69 Å². The van der Waals surface area contributed by atoms with Gasteiger partial charge in [0, 0.05) is 0 Å². The Bertz CT molecular complexity index is 477. The lowest BCUT2D eigenvalue weighted by atomic mass is 9.97. The summed E-state index contributed by atoms with van der Waals surface area (Å²) in [6.07, 6.45) is 0. The van der Waals surface area contributed by atoms with Crippen LogP contribution in [0.1, 0.15) is 41.5 Å². The summed E-state index contributed by atoms with van der Waals surface area (Å²) in [6.45, 7) is 11.9. The van der Waals surface area contributed by atoms with Crippen LogP contribution in [0.3, 0.4) is 0 Å². The van der Waals surface area contributed by atoms with Gasteiger partial charge in [-0.05, 0) is 51.1 Å². The van der Waals surface area contributed by atoms with E-state index in [0.29, 0.717) is 0 Å². The standard InChI is InChI=1S/C14H23N3OS2/c1-10(2)14(6,16-15-13(3,4)5)17(12(18)19)11-8-7-9-20-11/h7-10H,1-6H3,(H,18,19). The highest BCUT2D eigenvalue weighted by Gasteiger charge is 2.39. The molecule has 1 heterocycles. The van der Waals surface area contributed by atoms with Crippen molar-refractivity contribution in [3.8, 4) is 0 Å². The van der Waals surface area contributed by atoms with E-state index in [1.54, 1.807) is 4.90 Å². The molecule has 0 aliphatic heterocycles. The first-order valence-corrected chi connectivity index (χ1v) is 7.91. The highest BCUT2D eigenvalue weighted by Crippen LogP contribution is 2.36. The average molecular weight is 313 g/mol. The highest BCUT2D eigenvalue weighted by atomic mass is 32.1. The number of azo groups is 1. The lowest BCUT2D eigenvalue weighted by Gasteiger charge is -2.38. The maximum Gasteiger partial charge on any atom is 0.285 e. The summed E-state index contributed by atoms with van der Waals surface area (Å²) in [4.78, 5) is 13.6. The fourth-order valence-corrected chi connectivity index (χ4v) is 2.78. The van der Waals surface area contributed by atoms with Gasteiger partial charge in [0.1, 0.15) is 5.00 Å². The van der Waals surface area contributed by atoms with Gasteiger partial charge in [-0.1, -0.05) is 26.5 Å². The van der Waals surface area contributed by atoms with E-state index in [9.17, 15) is 4.79 Å². The zero-order valence-electron chi connectivity index (χ0n) is 12.9. The van der Waals surface area contributed by atoms with Crippen LogP contribution in [0.4, 0.5) is 9.80 Å². The lowest BCUT2D eigenvalue weighted by molar-refractivity contribution is 0.247. The molecule has 1 atom stereocenters. The topological polar surface area (TPSA) is 45.0 Å². The monoisotopic (exact) mass is 313 g/mol.